The fourth-order valence-corrected chi connectivity index (χ4v) is 3.29. The quantitative estimate of drug-likeness (QED) is 0.850. The second-order valence-corrected chi connectivity index (χ2v) is 6.68. The molecule has 0 radical (unpaired) electrons. The number of carboxylic acids is 1. The molecule has 1 N–H and O–H groups in total. The van der Waals surface area contributed by atoms with E-state index in [0.29, 0.717) is 25.2 Å². The van der Waals surface area contributed by atoms with Gasteiger partial charge in [0.1, 0.15) is 5.82 Å². The highest BCUT2D eigenvalue weighted by Gasteiger charge is 2.26. The van der Waals surface area contributed by atoms with Gasteiger partial charge in [-0.25, -0.2) is 4.39 Å². The molecule has 144 valence electrons. The molecular formula is C18H22FN5O3. The average molecular weight is 375 g/mol. The maximum atomic E-state index is 13.0. The van der Waals surface area contributed by atoms with Crippen LogP contribution in [0.3, 0.4) is 0 Å². The third kappa shape index (κ3) is 4.68. The van der Waals surface area contributed by atoms with Crippen molar-refractivity contribution in [3.05, 3.63) is 42.0 Å². The standard InChI is InChI=1S/C18H22FN5O3/c1-22(12-17(25)26)14-3-2-9-23(10-8-14)18(27)16-11-20-24(21-16)15-6-4-13(19)5-7-15/h4-7,11,14H,2-3,8-10,12H2,1H3,(H,25,26). The predicted molar refractivity (Wildman–Crippen MR) is 95.1 cm³/mol. The smallest absolute Gasteiger partial charge is 0.317 e. The Morgan fingerprint density at radius 1 is 1.26 bits per heavy atom. The van der Waals surface area contributed by atoms with Crippen LogP contribution in [0.4, 0.5) is 4.39 Å². The third-order valence-electron chi connectivity index (χ3n) is 4.76. The molecule has 1 unspecified atom stereocenters. The van der Waals surface area contributed by atoms with Crippen LogP contribution in [0.1, 0.15) is 29.8 Å². The molecule has 0 bridgehead atoms. The van der Waals surface area contributed by atoms with E-state index >= 15 is 0 Å². The fraction of sp³-hybridized carbons (Fsp3) is 0.444. The summed E-state index contributed by atoms with van der Waals surface area (Å²) >= 11 is 0. The maximum Gasteiger partial charge on any atom is 0.317 e. The third-order valence-corrected chi connectivity index (χ3v) is 4.76. The van der Waals surface area contributed by atoms with Gasteiger partial charge < -0.3 is 10.0 Å². The number of carbonyl (C=O) groups is 2. The zero-order valence-corrected chi connectivity index (χ0v) is 15.1. The second-order valence-electron chi connectivity index (χ2n) is 6.68. The van der Waals surface area contributed by atoms with E-state index in [1.54, 1.807) is 24.1 Å². The van der Waals surface area contributed by atoms with Gasteiger partial charge in [-0.15, -0.1) is 5.10 Å². The number of amides is 1. The minimum absolute atomic E-state index is 0.00932. The summed E-state index contributed by atoms with van der Waals surface area (Å²) in [7, 11) is 1.80. The number of aliphatic carboxylic acids is 1. The van der Waals surface area contributed by atoms with Crippen LogP contribution in [0.25, 0.3) is 5.69 Å². The molecular weight excluding hydrogens is 353 g/mol. The normalized spacial score (nSPS) is 17.7. The van der Waals surface area contributed by atoms with Gasteiger partial charge in [-0.3, -0.25) is 14.5 Å². The molecule has 8 nitrogen and oxygen atoms in total. The number of likely N-dealkylation sites (tertiary alicyclic amines) is 1. The molecule has 27 heavy (non-hydrogen) atoms. The summed E-state index contributed by atoms with van der Waals surface area (Å²) in [6.07, 6.45) is 3.76. The Hall–Kier alpha value is -2.81. The Balaban J connectivity index is 1.64. The zero-order valence-electron chi connectivity index (χ0n) is 15.1. The van der Waals surface area contributed by atoms with Gasteiger partial charge in [0.05, 0.1) is 18.4 Å². The van der Waals surface area contributed by atoms with Crippen molar-refractivity contribution < 1.29 is 19.1 Å². The van der Waals surface area contributed by atoms with E-state index in [2.05, 4.69) is 10.2 Å². The first-order valence-corrected chi connectivity index (χ1v) is 8.83. The summed E-state index contributed by atoms with van der Waals surface area (Å²) in [4.78, 5) is 28.5. The number of benzene rings is 1. The van der Waals surface area contributed by atoms with Crippen LogP contribution in [0.5, 0.6) is 0 Å². The number of carboxylic acid groups (broad SMARTS) is 1. The number of nitrogens with zero attached hydrogens (tertiary/aromatic N) is 5. The van der Waals surface area contributed by atoms with Gasteiger partial charge in [0.25, 0.3) is 5.91 Å². The van der Waals surface area contributed by atoms with Crippen LogP contribution in [-0.4, -0.2) is 74.5 Å². The molecule has 1 aromatic heterocycles. The average Bonchev–Trinajstić information content (AvgIpc) is 2.98. The van der Waals surface area contributed by atoms with Crippen molar-refractivity contribution in [1.29, 1.82) is 0 Å². The fourth-order valence-electron chi connectivity index (χ4n) is 3.29. The van der Waals surface area contributed by atoms with Crippen LogP contribution in [0.15, 0.2) is 30.5 Å². The number of carbonyl (C=O) groups excluding carboxylic acids is 1. The largest absolute Gasteiger partial charge is 0.480 e. The number of hydrogen-bond donors (Lipinski definition) is 1. The van der Waals surface area contributed by atoms with Gasteiger partial charge in [-0.2, -0.15) is 9.90 Å². The highest BCUT2D eigenvalue weighted by molar-refractivity contribution is 5.92. The molecule has 1 amide bonds. The number of halogens is 1. The molecule has 0 aliphatic carbocycles. The van der Waals surface area contributed by atoms with Crippen molar-refractivity contribution >= 4 is 11.9 Å². The van der Waals surface area contributed by atoms with E-state index in [1.165, 1.54) is 23.1 Å². The monoisotopic (exact) mass is 375 g/mol. The minimum Gasteiger partial charge on any atom is -0.480 e. The Morgan fingerprint density at radius 3 is 2.70 bits per heavy atom. The van der Waals surface area contributed by atoms with Crippen molar-refractivity contribution in [2.45, 2.75) is 25.3 Å². The summed E-state index contributed by atoms with van der Waals surface area (Å²) in [5.41, 5.74) is 0.804. The molecule has 3 rings (SSSR count). The van der Waals surface area contributed by atoms with Gasteiger partial charge in [0, 0.05) is 19.1 Å². The van der Waals surface area contributed by atoms with E-state index in [-0.39, 0.29) is 30.0 Å². The first-order valence-electron chi connectivity index (χ1n) is 8.83. The molecule has 9 heteroatoms. The summed E-state index contributed by atoms with van der Waals surface area (Å²) in [5, 5.41) is 17.2. The predicted octanol–water partition coefficient (Wildman–Crippen LogP) is 1.42. The molecule has 0 spiro atoms. The first-order chi connectivity index (χ1) is 12.9. The lowest BCUT2D eigenvalue weighted by molar-refractivity contribution is -0.138. The Kier molecular flexibility index (Phi) is 5.80. The molecule has 2 heterocycles. The van der Waals surface area contributed by atoms with Crippen molar-refractivity contribution in [2.75, 3.05) is 26.7 Å². The number of likely N-dealkylation sites (N-methyl/N-ethyl adjacent to an activating group) is 1. The Morgan fingerprint density at radius 2 is 2.00 bits per heavy atom. The van der Waals surface area contributed by atoms with Crippen molar-refractivity contribution in [3.63, 3.8) is 0 Å². The zero-order chi connectivity index (χ0) is 19.4. The Labute approximate surface area is 156 Å². The molecule has 1 aromatic carbocycles. The summed E-state index contributed by atoms with van der Waals surface area (Å²) in [5.74, 6) is -1.41. The van der Waals surface area contributed by atoms with Crippen LogP contribution in [0.2, 0.25) is 0 Å². The maximum absolute atomic E-state index is 13.0. The lowest BCUT2D eigenvalue weighted by Crippen LogP contribution is -2.37. The van der Waals surface area contributed by atoms with E-state index < -0.39 is 5.97 Å². The van der Waals surface area contributed by atoms with Crippen LogP contribution in [0, 0.1) is 5.82 Å². The lowest BCUT2D eigenvalue weighted by Gasteiger charge is -2.25. The van der Waals surface area contributed by atoms with E-state index in [4.69, 9.17) is 5.11 Å². The van der Waals surface area contributed by atoms with Gasteiger partial charge in [-0.1, -0.05) is 0 Å². The van der Waals surface area contributed by atoms with Gasteiger partial charge in [0.15, 0.2) is 5.69 Å². The second kappa shape index (κ2) is 8.26. The molecule has 1 atom stereocenters. The highest BCUT2D eigenvalue weighted by Crippen LogP contribution is 2.17. The van der Waals surface area contributed by atoms with E-state index in [1.807, 2.05) is 4.90 Å². The van der Waals surface area contributed by atoms with Crippen molar-refractivity contribution in [1.82, 2.24) is 24.8 Å². The van der Waals surface area contributed by atoms with Crippen molar-refractivity contribution in [2.24, 2.45) is 0 Å². The SMILES string of the molecule is CN(CC(=O)O)C1CCCN(C(=O)c2cnn(-c3ccc(F)cc3)n2)CC1. The highest BCUT2D eigenvalue weighted by atomic mass is 19.1. The molecule has 1 fully saturated rings. The van der Waals surface area contributed by atoms with Crippen LogP contribution < -0.4 is 0 Å². The van der Waals surface area contributed by atoms with Crippen LogP contribution in [-0.2, 0) is 4.79 Å². The summed E-state index contributed by atoms with van der Waals surface area (Å²) in [6.45, 7) is 1.13. The van der Waals surface area contributed by atoms with Gasteiger partial charge in [0.2, 0.25) is 0 Å². The lowest BCUT2D eigenvalue weighted by atomic mass is 10.1. The van der Waals surface area contributed by atoms with Gasteiger partial charge >= 0.3 is 5.97 Å². The van der Waals surface area contributed by atoms with E-state index in [0.717, 1.165) is 12.8 Å². The summed E-state index contributed by atoms with van der Waals surface area (Å²) < 4.78 is 13.0. The first kappa shape index (κ1) is 19.0. The molecule has 1 saturated heterocycles. The molecule has 2 aromatic rings. The van der Waals surface area contributed by atoms with E-state index in [9.17, 15) is 14.0 Å². The molecule has 1 aliphatic heterocycles. The summed E-state index contributed by atoms with van der Waals surface area (Å²) in [6, 6.07) is 5.83. The number of rotatable bonds is 5. The topological polar surface area (TPSA) is 91.6 Å². The Bertz CT molecular complexity index is 808. The molecule has 0 saturated carbocycles. The molecule has 1 aliphatic rings. The number of hydrogen-bond acceptors (Lipinski definition) is 5. The number of aromatic nitrogens is 3. The van der Waals surface area contributed by atoms with Gasteiger partial charge in [-0.05, 0) is 50.6 Å². The van der Waals surface area contributed by atoms with Crippen LogP contribution >= 0.6 is 0 Å². The minimum atomic E-state index is -0.855. The van der Waals surface area contributed by atoms with Crippen molar-refractivity contribution in [3.8, 4) is 5.69 Å².